The van der Waals surface area contributed by atoms with E-state index in [1.54, 1.807) is 6.92 Å². The van der Waals surface area contributed by atoms with Crippen molar-refractivity contribution in [1.29, 1.82) is 0 Å². The number of ether oxygens (including phenoxy) is 1. The number of nitrogens with one attached hydrogen (secondary N) is 5. The molecule has 0 radical (unpaired) electrons. The second kappa shape index (κ2) is 14.8. The van der Waals surface area contributed by atoms with Crippen LogP contribution in [0.15, 0.2) is 0 Å². The van der Waals surface area contributed by atoms with Gasteiger partial charge >= 0.3 is 6.03 Å². The number of hydrogen-bond acceptors (Lipinski definition) is 6. The predicted molar refractivity (Wildman–Crippen MR) is 152 cm³/mol. The fourth-order valence-corrected chi connectivity index (χ4v) is 5.40. The van der Waals surface area contributed by atoms with Gasteiger partial charge in [-0.05, 0) is 73.6 Å². The minimum Gasteiger partial charge on any atom is -0.370 e. The normalized spacial score (nSPS) is 21.4. The van der Waals surface area contributed by atoms with Crippen molar-refractivity contribution in [3.63, 3.8) is 0 Å². The van der Waals surface area contributed by atoms with E-state index in [4.69, 9.17) is 4.74 Å². The number of carbonyl (C=O) groups is 5. The van der Waals surface area contributed by atoms with Crippen LogP contribution in [0.1, 0.15) is 99.8 Å². The molecule has 2 aliphatic rings. The number of amides is 5. The molecular formula is C29H51N5O6. The maximum atomic E-state index is 13.7. The Morgan fingerprint density at radius 3 is 2.12 bits per heavy atom. The Labute approximate surface area is 239 Å². The molecule has 0 spiro atoms. The maximum absolute atomic E-state index is 13.7. The lowest BCUT2D eigenvalue weighted by atomic mass is 9.84. The van der Waals surface area contributed by atoms with Crippen molar-refractivity contribution in [2.24, 2.45) is 11.8 Å². The van der Waals surface area contributed by atoms with Gasteiger partial charge in [0.1, 0.15) is 18.4 Å². The zero-order valence-corrected chi connectivity index (χ0v) is 25.4. The third-order valence-corrected chi connectivity index (χ3v) is 7.19. The largest absolute Gasteiger partial charge is 0.370 e. The number of rotatable bonds is 12. The first-order valence-corrected chi connectivity index (χ1v) is 14.7. The molecular weight excluding hydrogens is 514 g/mol. The fraction of sp³-hybridized carbons (Fsp3) is 0.828. The van der Waals surface area contributed by atoms with Gasteiger partial charge in [0.15, 0.2) is 0 Å². The summed E-state index contributed by atoms with van der Waals surface area (Å²) in [6, 6.07) is -3.36. The van der Waals surface area contributed by atoms with Gasteiger partial charge in [-0.15, -0.1) is 0 Å². The molecule has 2 rings (SSSR count). The van der Waals surface area contributed by atoms with Gasteiger partial charge in [0, 0.05) is 18.0 Å². The minimum absolute atomic E-state index is 0.122. The first-order valence-electron chi connectivity index (χ1n) is 14.7. The van der Waals surface area contributed by atoms with E-state index in [0.29, 0.717) is 25.7 Å². The molecule has 1 saturated carbocycles. The van der Waals surface area contributed by atoms with Crippen LogP contribution in [0, 0.1) is 11.8 Å². The Morgan fingerprint density at radius 1 is 0.950 bits per heavy atom. The molecule has 1 saturated heterocycles. The molecule has 40 heavy (non-hydrogen) atoms. The van der Waals surface area contributed by atoms with Crippen molar-refractivity contribution in [2.75, 3.05) is 6.54 Å². The monoisotopic (exact) mass is 565 g/mol. The molecule has 0 aromatic rings. The van der Waals surface area contributed by atoms with Gasteiger partial charge in [0.2, 0.25) is 17.7 Å². The molecule has 4 unspecified atom stereocenters. The standard InChI is InChI=1S/C29H51N5O6/c1-18(40-29(5,6)7)23(33-27(39)34-28(2,3)4)26(38)32-22(15-19-11-9-8-10-12-19)25(37)31-21(17-35)16-20-13-14-30-24(20)36/h17-23H,8-16H2,1-7H3,(H,30,36)(H,31,37)(H,32,38)(H2,33,34,39)/t18?,20-,21?,22?,23?/m0/s1. The van der Waals surface area contributed by atoms with Crippen molar-refractivity contribution in [3.8, 4) is 0 Å². The van der Waals surface area contributed by atoms with Crippen LogP contribution in [-0.2, 0) is 23.9 Å². The van der Waals surface area contributed by atoms with E-state index in [2.05, 4.69) is 26.6 Å². The molecule has 11 heteroatoms. The van der Waals surface area contributed by atoms with E-state index in [-0.39, 0.29) is 24.2 Å². The van der Waals surface area contributed by atoms with E-state index in [9.17, 15) is 24.0 Å². The zero-order chi connectivity index (χ0) is 30.1. The molecule has 1 aliphatic heterocycles. The predicted octanol–water partition coefficient (Wildman–Crippen LogP) is 2.32. The first-order chi connectivity index (χ1) is 18.6. The Kier molecular flexibility index (Phi) is 12.4. The average Bonchev–Trinajstić information content (AvgIpc) is 3.24. The Bertz CT molecular complexity index is 890. The molecule has 0 aromatic carbocycles. The molecule has 5 atom stereocenters. The summed E-state index contributed by atoms with van der Waals surface area (Å²) < 4.78 is 6.02. The number of carbonyl (C=O) groups excluding carboxylic acids is 5. The van der Waals surface area contributed by atoms with Crippen LogP contribution < -0.4 is 26.6 Å². The van der Waals surface area contributed by atoms with Crippen molar-refractivity contribution in [1.82, 2.24) is 26.6 Å². The van der Waals surface area contributed by atoms with Gasteiger partial charge in [0.25, 0.3) is 0 Å². The number of hydrogen-bond donors (Lipinski definition) is 5. The molecule has 1 aliphatic carbocycles. The van der Waals surface area contributed by atoms with Gasteiger partial charge in [-0.25, -0.2) is 4.79 Å². The SMILES string of the molecule is CC(OC(C)(C)C)C(NC(=O)NC(C)(C)C)C(=O)NC(CC1CCCCC1)C(=O)NC(C=O)C[C@@H]1CCNC1=O. The lowest BCUT2D eigenvalue weighted by molar-refractivity contribution is -0.135. The molecule has 11 nitrogen and oxygen atoms in total. The highest BCUT2D eigenvalue weighted by Crippen LogP contribution is 2.28. The third-order valence-electron chi connectivity index (χ3n) is 7.19. The topological polar surface area (TPSA) is 155 Å². The van der Waals surface area contributed by atoms with Gasteiger partial charge in [0.05, 0.1) is 17.7 Å². The Balaban J connectivity index is 2.22. The summed E-state index contributed by atoms with van der Waals surface area (Å²) in [5.74, 6) is -1.24. The van der Waals surface area contributed by atoms with Gasteiger partial charge in [-0.3, -0.25) is 14.4 Å². The molecule has 5 amide bonds. The maximum Gasteiger partial charge on any atom is 0.315 e. The first kappa shape index (κ1) is 33.5. The van der Waals surface area contributed by atoms with Crippen LogP contribution in [0.25, 0.3) is 0 Å². The smallest absolute Gasteiger partial charge is 0.315 e. The van der Waals surface area contributed by atoms with Crippen LogP contribution in [0.4, 0.5) is 4.79 Å². The summed E-state index contributed by atoms with van der Waals surface area (Å²) in [5.41, 5.74) is -1.11. The quantitative estimate of drug-likeness (QED) is 0.229. The van der Waals surface area contributed by atoms with Crippen LogP contribution >= 0.6 is 0 Å². The lowest BCUT2D eigenvalue weighted by Crippen LogP contribution is -2.61. The van der Waals surface area contributed by atoms with E-state index in [1.807, 2.05) is 41.5 Å². The van der Waals surface area contributed by atoms with E-state index in [1.165, 1.54) is 0 Å². The highest BCUT2D eigenvalue weighted by molar-refractivity contribution is 5.93. The highest BCUT2D eigenvalue weighted by Gasteiger charge is 2.36. The second-order valence-electron chi connectivity index (χ2n) is 13.3. The number of aldehydes is 1. The van der Waals surface area contributed by atoms with E-state index >= 15 is 0 Å². The zero-order valence-electron chi connectivity index (χ0n) is 25.4. The summed E-state index contributed by atoms with van der Waals surface area (Å²) >= 11 is 0. The van der Waals surface area contributed by atoms with Crippen LogP contribution in [0.2, 0.25) is 0 Å². The van der Waals surface area contributed by atoms with Crippen LogP contribution in [0.3, 0.4) is 0 Å². The van der Waals surface area contributed by atoms with Crippen LogP contribution in [0.5, 0.6) is 0 Å². The molecule has 0 bridgehead atoms. The van der Waals surface area contributed by atoms with Gasteiger partial charge < -0.3 is 36.1 Å². The molecule has 5 N–H and O–H groups in total. The van der Waals surface area contributed by atoms with E-state index in [0.717, 1.165) is 32.1 Å². The van der Waals surface area contributed by atoms with Crippen LogP contribution in [-0.4, -0.2) is 72.0 Å². The molecule has 0 aromatic heterocycles. The Morgan fingerprint density at radius 2 is 1.60 bits per heavy atom. The van der Waals surface area contributed by atoms with Crippen molar-refractivity contribution >= 4 is 30.0 Å². The van der Waals surface area contributed by atoms with Gasteiger partial charge in [-0.1, -0.05) is 32.1 Å². The summed E-state index contributed by atoms with van der Waals surface area (Å²) in [5, 5.41) is 13.9. The minimum atomic E-state index is -1.08. The molecule has 1 heterocycles. The van der Waals surface area contributed by atoms with Crippen molar-refractivity contribution in [3.05, 3.63) is 0 Å². The Hall–Kier alpha value is -2.69. The average molecular weight is 566 g/mol. The molecule has 228 valence electrons. The molecule has 2 fully saturated rings. The van der Waals surface area contributed by atoms with Crippen molar-refractivity contribution in [2.45, 2.75) is 135 Å². The lowest BCUT2D eigenvalue weighted by Gasteiger charge is -2.33. The summed E-state index contributed by atoms with van der Waals surface area (Å²) in [4.78, 5) is 63.8. The summed E-state index contributed by atoms with van der Waals surface area (Å²) in [6.07, 6.45) is 6.36. The summed E-state index contributed by atoms with van der Waals surface area (Å²) in [7, 11) is 0. The second-order valence-corrected chi connectivity index (χ2v) is 13.3. The summed E-state index contributed by atoms with van der Waals surface area (Å²) in [6.45, 7) is 13.3. The van der Waals surface area contributed by atoms with Crippen molar-refractivity contribution < 1.29 is 28.7 Å². The van der Waals surface area contributed by atoms with E-state index < -0.39 is 53.2 Å². The van der Waals surface area contributed by atoms with Gasteiger partial charge in [-0.2, -0.15) is 0 Å². The number of urea groups is 1. The highest BCUT2D eigenvalue weighted by atomic mass is 16.5. The fourth-order valence-electron chi connectivity index (χ4n) is 5.40. The third kappa shape index (κ3) is 11.8.